The SMILES string of the molecule is COc1cccc(COC(Br)[N+]2(C(=O)OCC[Si](C)(C)C)CCc3ccccc32)c1. The Balaban J connectivity index is 1.80. The summed E-state index contributed by atoms with van der Waals surface area (Å²) in [7, 11) is 0.350. The molecule has 0 radical (unpaired) electrons. The monoisotopic (exact) mass is 492 g/mol. The molecule has 0 N–H and O–H groups in total. The Bertz CT molecular complexity index is 886. The molecule has 0 bridgehead atoms. The van der Waals surface area contributed by atoms with Gasteiger partial charge < -0.3 is 14.2 Å². The Morgan fingerprint density at radius 2 is 1.93 bits per heavy atom. The van der Waals surface area contributed by atoms with Crippen LogP contribution in [0.3, 0.4) is 0 Å². The van der Waals surface area contributed by atoms with Gasteiger partial charge in [-0.25, -0.2) is 0 Å². The molecule has 1 amide bonds. The van der Waals surface area contributed by atoms with E-state index < -0.39 is 13.2 Å². The molecule has 1 aliphatic rings. The van der Waals surface area contributed by atoms with Crippen LogP contribution >= 0.6 is 15.9 Å². The van der Waals surface area contributed by atoms with Gasteiger partial charge in [-0.2, -0.15) is 9.28 Å². The fourth-order valence-corrected chi connectivity index (χ4v) is 5.07. The van der Waals surface area contributed by atoms with Crippen molar-refractivity contribution in [2.45, 2.75) is 43.9 Å². The molecule has 162 valence electrons. The van der Waals surface area contributed by atoms with Crippen molar-refractivity contribution in [2.75, 3.05) is 20.3 Å². The first-order valence-corrected chi connectivity index (χ1v) is 14.9. The third kappa shape index (κ3) is 5.14. The molecule has 0 aliphatic carbocycles. The van der Waals surface area contributed by atoms with Gasteiger partial charge in [0.1, 0.15) is 18.0 Å². The summed E-state index contributed by atoms with van der Waals surface area (Å²) in [6.45, 7) is 8.26. The minimum Gasteiger partial charge on any atom is -0.497 e. The molecule has 2 unspecified atom stereocenters. The standard InChI is InChI=1S/C23H31BrNO4Si/c1-27-20-10-7-8-18(16-20)17-29-22(24)25(23(26)28-14-15-30(2,3)4)13-12-19-9-5-6-11-21(19)25/h5-11,16,22H,12-15,17H2,1-4H3/q+1. The molecule has 7 heteroatoms. The van der Waals surface area contributed by atoms with Crippen LogP contribution in [0.1, 0.15) is 11.1 Å². The van der Waals surface area contributed by atoms with E-state index in [9.17, 15) is 4.79 Å². The van der Waals surface area contributed by atoms with Crippen LogP contribution in [-0.4, -0.2) is 39.6 Å². The van der Waals surface area contributed by atoms with E-state index in [0.29, 0.717) is 19.8 Å². The third-order valence-corrected chi connectivity index (χ3v) is 8.09. The van der Waals surface area contributed by atoms with E-state index in [-0.39, 0.29) is 10.6 Å². The molecular formula is C23H31BrNO4Si+. The van der Waals surface area contributed by atoms with E-state index in [1.807, 2.05) is 42.5 Å². The van der Waals surface area contributed by atoms with Gasteiger partial charge in [0.25, 0.3) is 5.14 Å². The number of halogens is 1. The first kappa shape index (κ1) is 23.0. The van der Waals surface area contributed by atoms with Crippen molar-refractivity contribution in [1.82, 2.24) is 4.48 Å². The molecule has 0 aromatic heterocycles. The summed E-state index contributed by atoms with van der Waals surface area (Å²) in [5.41, 5.74) is 3.09. The Kier molecular flexibility index (Phi) is 7.39. The largest absolute Gasteiger partial charge is 0.524 e. The van der Waals surface area contributed by atoms with Crippen molar-refractivity contribution < 1.29 is 19.0 Å². The zero-order valence-corrected chi connectivity index (χ0v) is 20.8. The average Bonchev–Trinajstić information content (AvgIpc) is 3.12. The number of hydrogen-bond acceptors (Lipinski definition) is 4. The summed E-state index contributed by atoms with van der Waals surface area (Å²) < 4.78 is 17.3. The lowest BCUT2D eigenvalue weighted by Gasteiger charge is -2.34. The first-order valence-electron chi connectivity index (χ1n) is 10.3. The van der Waals surface area contributed by atoms with Crippen LogP contribution in [0.5, 0.6) is 5.75 Å². The summed E-state index contributed by atoms with van der Waals surface area (Å²) in [4.78, 5) is 13.4. The highest BCUT2D eigenvalue weighted by Crippen LogP contribution is 2.40. The molecule has 0 saturated heterocycles. The molecule has 30 heavy (non-hydrogen) atoms. The highest BCUT2D eigenvalue weighted by molar-refractivity contribution is 9.09. The van der Waals surface area contributed by atoms with Gasteiger partial charge in [-0.15, -0.1) is 0 Å². The highest BCUT2D eigenvalue weighted by Gasteiger charge is 2.52. The number of alkyl halides is 1. The topological polar surface area (TPSA) is 44.8 Å². The first-order chi connectivity index (χ1) is 14.3. The molecule has 2 aromatic carbocycles. The van der Waals surface area contributed by atoms with Gasteiger partial charge in [-0.1, -0.05) is 50.0 Å². The molecule has 0 saturated carbocycles. The number of methoxy groups -OCH3 is 1. The van der Waals surface area contributed by atoms with Crippen molar-refractivity contribution in [1.29, 1.82) is 0 Å². The van der Waals surface area contributed by atoms with E-state index >= 15 is 0 Å². The Hall–Kier alpha value is -1.67. The molecule has 5 nitrogen and oxygen atoms in total. The number of para-hydroxylation sites is 1. The minimum absolute atomic E-state index is 0.00579. The predicted octanol–water partition coefficient (Wildman–Crippen LogP) is 5.93. The van der Waals surface area contributed by atoms with E-state index in [4.69, 9.17) is 14.2 Å². The highest BCUT2D eigenvalue weighted by atomic mass is 79.9. The Labute approximate surface area is 188 Å². The maximum Gasteiger partial charge on any atom is 0.524 e. The quantitative estimate of drug-likeness (QED) is 0.198. The van der Waals surface area contributed by atoms with Gasteiger partial charge >= 0.3 is 6.09 Å². The van der Waals surface area contributed by atoms with Gasteiger partial charge in [-0.3, -0.25) is 0 Å². The summed E-state index contributed by atoms with van der Waals surface area (Å²) in [6, 6.07) is 16.8. The zero-order valence-electron chi connectivity index (χ0n) is 18.2. The van der Waals surface area contributed by atoms with Gasteiger partial charge in [0.05, 0.1) is 20.3 Å². The Morgan fingerprint density at radius 3 is 2.67 bits per heavy atom. The second-order valence-corrected chi connectivity index (χ2v) is 15.3. The maximum atomic E-state index is 13.4. The predicted molar refractivity (Wildman–Crippen MR) is 127 cm³/mol. The molecule has 3 rings (SSSR count). The zero-order chi connectivity index (χ0) is 21.8. The maximum absolute atomic E-state index is 13.4. The van der Waals surface area contributed by atoms with Crippen LogP contribution in [0.15, 0.2) is 48.5 Å². The number of ether oxygens (including phenoxy) is 3. The van der Waals surface area contributed by atoms with Gasteiger partial charge in [0.2, 0.25) is 0 Å². The summed E-state index contributed by atoms with van der Waals surface area (Å²) >= 11 is 3.68. The Morgan fingerprint density at radius 1 is 1.17 bits per heavy atom. The van der Waals surface area contributed by atoms with E-state index in [1.54, 1.807) is 7.11 Å². The molecule has 2 atom stereocenters. The minimum atomic E-state index is -1.29. The van der Waals surface area contributed by atoms with Crippen LogP contribution < -0.4 is 9.22 Å². The van der Waals surface area contributed by atoms with E-state index in [2.05, 4.69) is 41.6 Å². The smallest absolute Gasteiger partial charge is 0.497 e. The number of carbonyl (C=O) groups excluding carboxylic acids is 1. The lowest BCUT2D eigenvalue weighted by atomic mass is 10.2. The molecule has 0 fully saturated rings. The van der Waals surface area contributed by atoms with Crippen LogP contribution in [0.2, 0.25) is 25.7 Å². The van der Waals surface area contributed by atoms with Crippen molar-refractivity contribution in [3.8, 4) is 5.75 Å². The van der Waals surface area contributed by atoms with Crippen molar-refractivity contribution in [2.24, 2.45) is 0 Å². The number of benzene rings is 2. The number of quaternary nitrogens is 1. The third-order valence-electron chi connectivity index (χ3n) is 5.43. The van der Waals surface area contributed by atoms with Crippen molar-refractivity contribution in [3.05, 3.63) is 59.7 Å². The van der Waals surface area contributed by atoms with Crippen LogP contribution in [0, 0.1) is 0 Å². The molecule has 1 heterocycles. The molecule has 1 aliphatic heterocycles. The number of rotatable bonds is 8. The van der Waals surface area contributed by atoms with Crippen LogP contribution in [0.4, 0.5) is 10.5 Å². The summed E-state index contributed by atoms with van der Waals surface area (Å²) in [6.07, 6.45) is 0.551. The lowest BCUT2D eigenvalue weighted by molar-refractivity contribution is 0.00230. The van der Waals surface area contributed by atoms with Crippen LogP contribution in [-0.2, 0) is 22.5 Å². The number of nitrogens with zero attached hydrogens (tertiary/aromatic N) is 1. The number of amides is 1. The fourth-order valence-electron chi connectivity index (χ4n) is 3.63. The molecule has 0 spiro atoms. The van der Waals surface area contributed by atoms with E-state index in [0.717, 1.165) is 35.0 Å². The second kappa shape index (κ2) is 9.64. The number of fused-ring (bicyclic) bond motifs is 1. The summed E-state index contributed by atoms with van der Waals surface area (Å²) in [5.74, 6) is 0.781. The van der Waals surface area contributed by atoms with E-state index in [1.165, 1.54) is 0 Å². The number of carbonyl (C=O) groups is 1. The second-order valence-electron chi connectivity index (χ2n) is 8.85. The summed E-state index contributed by atoms with van der Waals surface area (Å²) in [5, 5.41) is -0.549. The normalized spacial score (nSPS) is 19.2. The average molecular weight is 493 g/mol. The van der Waals surface area contributed by atoms with Crippen molar-refractivity contribution in [3.63, 3.8) is 0 Å². The van der Waals surface area contributed by atoms with Gasteiger partial charge in [-0.05, 0) is 23.7 Å². The van der Waals surface area contributed by atoms with Crippen molar-refractivity contribution >= 4 is 35.8 Å². The van der Waals surface area contributed by atoms with Crippen LogP contribution in [0.25, 0.3) is 0 Å². The van der Waals surface area contributed by atoms with Gasteiger partial charge in [0, 0.05) is 42.1 Å². The molecule has 2 aromatic rings. The van der Waals surface area contributed by atoms with Gasteiger partial charge in [0.15, 0.2) is 0 Å². The number of hydrogen-bond donors (Lipinski definition) is 0. The lowest BCUT2D eigenvalue weighted by Crippen LogP contribution is -2.58. The fraction of sp³-hybridized carbons (Fsp3) is 0.435. The molecular weight excluding hydrogens is 462 g/mol.